The van der Waals surface area contributed by atoms with E-state index in [0.29, 0.717) is 10.6 Å². The standard InChI is InChI=1S/C19H17ClFN3O5S/c1-24(26)17(25)9-8-16-23-18(11-6-7-14(21)13(20)10-11)19(29-16)12-4-2-3-5-15(12)30(22,27)28/h2-7,10,26H,8-9H2,1H3,(H2,22,27,28). The van der Waals surface area contributed by atoms with Gasteiger partial charge in [-0.05, 0) is 30.3 Å². The minimum Gasteiger partial charge on any atom is -0.440 e. The Kier molecular flexibility index (Phi) is 6.22. The third-order valence-corrected chi connectivity index (χ3v) is 5.48. The fraction of sp³-hybridized carbons (Fsp3) is 0.158. The SMILES string of the molecule is CN(O)C(=O)CCc1nc(-c2ccc(F)c(Cl)c2)c(-c2ccccc2S(N)(=O)=O)o1. The van der Waals surface area contributed by atoms with Crippen LogP contribution in [0.25, 0.3) is 22.6 Å². The first kappa shape index (κ1) is 21.9. The number of aryl methyl sites for hydroxylation is 1. The van der Waals surface area contributed by atoms with Crippen LogP contribution in [0, 0.1) is 5.82 Å². The van der Waals surface area contributed by atoms with Crippen LogP contribution < -0.4 is 5.14 Å². The Morgan fingerprint density at radius 2 is 2.00 bits per heavy atom. The molecular weight excluding hydrogens is 437 g/mol. The Morgan fingerprint density at radius 3 is 2.63 bits per heavy atom. The summed E-state index contributed by atoms with van der Waals surface area (Å²) in [6.45, 7) is 0. The minimum absolute atomic E-state index is 0.0310. The average molecular weight is 454 g/mol. The molecule has 11 heteroatoms. The van der Waals surface area contributed by atoms with Gasteiger partial charge in [0.25, 0.3) is 0 Å². The van der Waals surface area contributed by atoms with Gasteiger partial charge in [-0.1, -0.05) is 23.7 Å². The molecule has 158 valence electrons. The van der Waals surface area contributed by atoms with Crippen LogP contribution in [0.1, 0.15) is 12.3 Å². The molecule has 30 heavy (non-hydrogen) atoms. The molecule has 2 aromatic carbocycles. The first-order valence-corrected chi connectivity index (χ1v) is 10.5. The lowest BCUT2D eigenvalue weighted by Gasteiger charge is -2.07. The monoisotopic (exact) mass is 453 g/mol. The van der Waals surface area contributed by atoms with Crippen molar-refractivity contribution in [1.82, 2.24) is 10.0 Å². The first-order valence-electron chi connectivity index (χ1n) is 8.60. The summed E-state index contributed by atoms with van der Waals surface area (Å²) in [4.78, 5) is 15.8. The van der Waals surface area contributed by atoms with E-state index in [4.69, 9.17) is 21.2 Å². The lowest BCUT2D eigenvalue weighted by Crippen LogP contribution is -2.22. The van der Waals surface area contributed by atoms with E-state index < -0.39 is 21.7 Å². The molecule has 1 heterocycles. The summed E-state index contributed by atoms with van der Waals surface area (Å²) in [5, 5.41) is 14.8. The van der Waals surface area contributed by atoms with E-state index in [0.717, 1.165) is 6.07 Å². The lowest BCUT2D eigenvalue weighted by atomic mass is 10.1. The summed E-state index contributed by atoms with van der Waals surface area (Å²) in [5.41, 5.74) is 0.730. The number of amides is 1. The van der Waals surface area contributed by atoms with E-state index in [1.54, 1.807) is 6.07 Å². The molecule has 0 fully saturated rings. The average Bonchev–Trinajstić information content (AvgIpc) is 3.11. The zero-order valence-electron chi connectivity index (χ0n) is 15.7. The number of primary sulfonamides is 1. The molecule has 0 radical (unpaired) electrons. The highest BCUT2D eigenvalue weighted by molar-refractivity contribution is 7.89. The molecular formula is C19H17ClFN3O5S. The number of rotatable bonds is 6. The van der Waals surface area contributed by atoms with Crippen molar-refractivity contribution in [2.75, 3.05) is 7.05 Å². The number of oxazole rings is 1. The summed E-state index contributed by atoms with van der Waals surface area (Å²) in [6, 6.07) is 9.80. The maximum absolute atomic E-state index is 13.6. The van der Waals surface area contributed by atoms with Gasteiger partial charge in [0.15, 0.2) is 11.7 Å². The van der Waals surface area contributed by atoms with E-state index in [9.17, 15) is 22.8 Å². The second-order valence-electron chi connectivity index (χ2n) is 6.37. The van der Waals surface area contributed by atoms with Gasteiger partial charge in [-0.15, -0.1) is 0 Å². The van der Waals surface area contributed by atoms with E-state index in [1.165, 1.54) is 37.4 Å². The van der Waals surface area contributed by atoms with Gasteiger partial charge in [0, 0.05) is 31.0 Å². The molecule has 0 aliphatic rings. The fourth-order valence-electron chi connectivity index (χ4n) is 2.77. The topological polar surface area (TPSA) is 127 Å². The highest BCUT2D eigenvalue weighted by Crippen LogP contribution is 2.37. The third-order valence-electron chi connectivity index (χ3n) is 4.22. The number of halogens is 2. The number of nitrogens with zero attached hydrogens (tertiary/aromatic N) is 2. The van der Waals surface area contributed by atoms with Crippen LogP contribution in [0.4, 0.5) is 4.39 Å². The predicted octanol–water partition coefficient (Wildman–Crippen LogP) is 3.23. The van der Waals surface area contributed by atoms with Crippen molar-refractivity contribution < 1.29 is 27.2 Å². The molecule has 0 spiro atoms. The molecule has 0 aliphatic heterocycles. The van der Waals surface area contributed by atoms with Crippen LogP contribution in [-0.4, -0.2) is 36.6 Å². The predicted molar refractivity (Wildman–Crippen MR) is 107 cm³/mol. The van der Waals surface area contributed by atoms with Gasteiger partial charge < -0.3 is 4.42 Å². The molecule has 1 aromatic heterocycles. The van der Waals surface area contributed by atoms with Crippen LogP contribution in [0.15, 0.2) is 51.8 Å². The largest absolute Gasteiger partial charge is 0.440 e. The zero-order valence-corrected chi connectivity index (χ0v) is 17.2. The Hall–Kier alpha value is -2.79. The normalized spacial score (nSPS) is 11.5. The van der Waals surface area contributed by atoms with Crippen molar-refractivity contribution in [2.24, 2.45) is 5.14 Å². The number of carbonyl (C=O) groups is 1. The molecule has 1 amide bonds. The molecule has 0 saturated carbocycles. The molecule has 3 aromatic rings. The number of hydroxylamine groups is 2. The van der Waals surface area contributed by atoms with E-state index in [1.807, 2.05) is 0 Å². The highest BCUT2D eigenvalue weighted by atomic mass is 35.5. The van der Waals surface area contributed by atoms with Gasteiger partial charge in [-0.3, -0.25) is 10.0 Å². The summed E-state index contributed by atoms with van der Waals surface area (Å²) in [5.74, 6) is -1.01. The Morgan fingerprint density at radius 1 is 1.30 bits per heavy atom. The highest BCUT2D eigenvalue weighted by Gasteiger charge is 2.24. The smallest absolute Gasteiger partial charge is 0.246 e. The van der Waals surface area contributed by atoms with Crippen LogP contribution in [0.2, 0.25) is 5.02 Å². The number of carbonyl (C=O) groups excluding carboxylic acids is 1. The van der Waals surface area contributed by atoms with Crippen molar-refractivity contribution in [2.45, 2.75) is 17.7 Å². The summed E-state index contributed by atoms with van der Waals surface area (Å²) < 4.78 is 43.5. The van der Waals surface area contributed by atoms with Crippen molar-refractivity contribution >= 4 is 27.5 Å². The van der Waals surface area contributed by atoms with E-state index >= 15 is 0 Å². The van der Waals surface area contributed by atoms with Crippen LogP contribution >= 0.6 is 11.6 Å². The number of aromatic nitrogens is 1. The van der Waals surface area contributed by atoms with Crippen LogP contribution in [0.5, 0.6) is 0 Å². The third kappa shape index (κ3) is 4.68. The number of nitrogens with two attached hydrogens (primary N) is 1. The maximum atomic E-state index is 13.6. The van der Waals surface area contributed by atoms with Crippen molar-refractivity contribution in [1.29, 1.82) is 0 Å². The van der Waals surface area contributed by atoms with Gasteiger partial charge in [0.2, 0.25) is 15.9 Å². The molecule has 0 bridgehead atoms. The van der Waals surface area contributed by atoms with Crippen molar-refractivity contribution in [3.8, 4) is 22.6 Å². The second-order valence-corrected chi connectivity index (χ2v) is 8.31. The second kappa shape index (κ2) is 8.52. The molecule has 0 atom stereocenters. The summed E-state index contributed by atoms with van der Waals surface area (Å²) >= 11 is 5.88. The summed E-state index contributed by atoms with van der Waals surface area (Å²) in [7, 11) is -2.90. The van der Waals surface area contributed by atoms with Gasteiger partial charge in [0.1, 0.15) is 11.5 Å². The van der Waals surface area contributed by atoms with Gasteiger partial charge in [-0.2, -0.15) is 0 Å². The van der Waals surface area contributed by atoms with E-state index in [-0.39, 0.29) is 45.7 Å². The molecule has 3 N–H and O–H groups in total. The number of benzene rings is 2. The number of sulfonamides is 1. The van der Waals surface area contributed by atoms with Crippen LogP contribution in [0.3, 0.4) is 0 Å². The maximum Gasteiger partial charge on any atom is 0.246 e. The van der Waals surface area contributed by atoms with Crippen molar-refractivity contribution in [3.63, 3.8) is 0 Å². The van der Waals surface area contributed by atoms with Crippen molar-refractivity contribution in [3.05, 3.63) is 59.2 Å². The number of hydrogen-bond acceptors (Lipinski definition) is 6. The fourth-order valence-corrected chi connectivity index (χ4v) is 3.69. The van der Waals surface area contributed by atoms with Gasteiger partial charge in [-0.25, -0.2) is 28.0 Å². The first-order chi connectivity index (χ1) is 14.1. The zero-order chi connectivity index (χ0) is 22.1. The van der Waals surface area contributed by atoms with E-state index in [2.05, 4.69) is 4.98 Å². The quantitative estimate of drug-likeness (QED) is 0.435. The number of hydrogen-bond donors (Lipinski definition) is 2. The Labute approximate surface area is 176 Å². The van der Waals surface area contributed by atoms with Crippen LogP contribution in [-0.2, 0) is 21.2 Å². The minimum atomic E-state index is -4.09. The molecule has 3 rings (SSSR count). The molecule has 8 nitrogen and oxygen atoms in total. The lowest BCUT2D eigenvalue weighted by molar-refractivity contribution is -0.159. The Balaban J connectivity index is 2.16. The van der Waals surface area contributed by atoms with Gasteiger partial charge in [0.05, 0.1) is 9.92 Å². The molecule has 0 aliphatic carbocycles. The Bertz CT molecular complexity index is 1210. The molecule has 0 unspecified atom stereocenters. The summed E-state index contributed by atoms with van der Waals surface area (Å²) in [6.07, 6.45) is -0.0728. The molecule has 0 saturated heterocycles. The van der Waals surface area contributed by atoms with Gasteiger partial charge >= 0.3 is 0 Å².